The third-order valence-electron chi connectivity index (χ3n) is 5.50. The highest BCUT2D eigenvalue weighted by atomic mass is 16.5. The lowest BCUT2D eigenvalue weighted by molar-refractivity contribution is 0.445. The molecule has 0 amide bonds. The average Bonchev–Trinajstić information content (AvgIpc) is 3.06. The zero-order chi connectivity index (χ0) is 18.8. The van der Waals surface area contributed by atoms with Crippen LogP contribution >= 0.6 is 0 Å². The molecule has 140 valence electrons. The molecule has 1 aromatic carbocycles. The minimum Gasteiger partial charge on any atom is -0.439 e. The number of hydrogen-bond donors (Lipinski definition) is 1. The van der Waals surface area contributed by atoms with Gasteiger partial charge in [0.05, 0.1) is 6.20 Å². The van der Waals surface area contributed by atoms with Gasteiger partial charge in [0.2, 0.25) is 5.88 Å². The van der Waals surface area contributed by atoms with Crippen molar-refractivity contribution in [1.82, 2.24) is 20.1 Å². The largest absolute Gasteiger partial charge is 0.439 e. The number of pyridine rings is 1. The molecule has 2 heterocycles. The van der Waals surface area contributed by atoms with Gasteiger partial charge in [-0.05, 0) is 61.9 Å². The highest BCUT2D eigenvalue weighted by Gasteiger charge is 2.22. The van der Waals surface area contributed by atoms with E-state index in [1.54, 1.807) is 0 Å². The molecule has 0 aliphatic heterocycles. The van der Waals surface area contributed by atoms with Crippen molar-refractivity contribution in [3.05, 3.63) is 70.7 Å². The van der Waals surface area contributed by atoms with Crippen molar-refractivity contribution in [2.24, 2.45) is 7.05 Å². The van der Waals surface area contributed by atoms with E-state index in [0.717, 1.165) is 30.7 Å². The normalized spacial score (nSPS) is 16.2. The minimum absolute atomic E-state index is 0.360. The molecule has 1 aliphatic rings. The number of nitrogens with one attached hydrogen (secondary N) is 1. The topological polar surface area (TPSA) is 52.0 Å². The second-order valence-electron chi connectivity index (χ2n) is 7.30. The van der Waals surface area contributed by atoms with Crippen LogP contribution in [0.25, 0.3) is 0 Å². The molecule has 0 bridgehead atoms. The summed E-state index contributed by atoms with van der Waals surface area (Å²) in [5.41, 5.74) is 6.22. The van der Waals surface area contributed by atoms with Crippen LogP contribution in [0.1, 0.15) is 46.8 Å². The zero-order valence-corrected chi connectivity index (χ0v) is 16.2. The molecule has 27 heavy (non-hydrogen) atoms. The smallest absolute Gasteiger partial charge is 0.219 e. The first kappa shape index (κ1) is 17.7. The predicted octanol–water partition coefficient (Wildman–Crippen LogP) is 4.39. The van der Waals surface area contributed by atoms with Crippen molar-refractivity contribution in [3.8, 4) is 11.6 Å². The van der Waals surface area contributed by atoms with Gasteiger partial charge < -0.3 is 10.1 Å². The summed E-state index contributed by atoms with van der Waals surface area (Å²) in [5, 5.41) is 8.11. The summed E-state index contributed by atoms with van der Waals surface area (Å²) < 4.78 is 8.04. The quantitative estimate of drug-likeness (QED) is 0.731. The molecule has 0 radical (unpaired) electrons. The Morgan fingerprint density at radius 1 is 1.26 bits per heavy atom. The molecule has 1 unspecified atom stereocenters. The Bertz CT molecular complexity index is 947. The van der Waals surface area contributed by atoms with Crippen LogP contribution in [0.3, 0.4) is 0 Å². The first-order valence-electron chi connectivity index (χ1n) is 9.55. The number of aryl methyl sites for hydroxylation is 2. The van der Waals surface area contributed by atoms with Crippen molar-refractivity contribution in [2.75, 3.05) is 0 Å². The summed E-state index contributed by atoms with van der Waals surface area (Å²) in [6.45, 7) is 4.95. The van der Waals surface area contributed by atoms with E-state index < -0.39 is 0 Å². The number of nitrogens with zero attached hydrogens (tertiary/aromatic N) is 3. The summed E-state index contributed by atoms with van der Waals surface area (Å²) in [6.07, 6.45) is 7.28. The molecule has 3 aromatic rings. The third-order valence-corrected chi connectivity index (χ3v) is 5.50. The molecular weight excluding hydrogens is 336 g/mol. The number of ether oxygens (including phenoxy) is 1. The van der Waals surface area contributed by atoms with Gasteiger partial charge >= 0.3 is 0 Å². The van der Waals surface area contributed by atoms with Crippen molar-refractivity contribution >= 4 is 0 Å². The van der Waals surface area contributed by atoms with Crippen molar-refractivity contribution in [1.29, 1.82) is 0 Å². The lowest BCUT2D eigenvalue weighted by Crippen LogP contribution is -2.24. The molecule has 1 N–H and O–H groups in total. The third kappa shape index (κ3) is 3.74. The van der Waals surface area contributed by atoms with Crippen molar-refractivity contribution < 1.29 is 4.74 Å². The molecule has 0 saturated heterocycles. The van der Waals surface area contributed by atoms with Crippen LogP contribution < -0.4 is 10.1 Å². The van der Waals surface area contributed by atoms with Gasteiger partial charge in [0.1, 0.15) is 5.75 Å². The van der Waals surface area contributed by atoms with E-state index in [0.29, 0.717) is 11.9 Å². The highest BCUT2D eigenvalue weighted by molar-refractivity contribution is 5.40. The second-order valence-corrected chi connectivity index (χ2v) is 7.30. The van der Waals surface area contributed by atoms with Gasteiger partial charge in [-0.3, -0.25) is 4.68 Å². The Morgan fingerprint density at radius 3 is 3.04 bits per heavy atom. The molecule has 1 atom stereocenters. The molecular formula is C22H26N4O. The predicted molar refractivity (Wildman–Crippen MR) is 106 cm³/mol. The molecule has 5 heteroatoms. The van der Waals surface area contributed by atoms with Gasteiger partial charge in [-0.2, -0.15) is 5.10 Å². The Balaban J connectivity index is 1.45. The van der Waals surface area contributed by atoms with E-state index in [9.17, 15) is 0 Å². The number of benzene rings is 1. The first-order chi connectivity index (χ1) is 13.1. The van der Waals surface area contributed by atoms with Crippen LogP contribution in [0.5, 0.6) is 11.6 Å². The SMILES string of the molecule is Cc1cccc(Oc2cc(CNC3CCCc4c3cnn4C)ccn2)c1C. The second kappa shape index (κ2) is 7.53. The number of aromatic nitrogens is 3. The Hall–Kier alpha value is -2.66. The maximum atomic E-state index is 6.03. The van der Waals surface area contributed by atoms with Crippen LogP contribution in [0, 0.1) is 13.8 Å². The van der Waals surface area contributed by atoms with Crippen LogP contribution in [0.4, 0.5) is 0 Å². The fourth-order valence-electron chi connectivity index (χ4n) is 3.72. The molecule has 1 aliphatic carbocycles. The van der Waals surface area contributed by atoms with E-state index in [4.69, 9.17) is 4.74 Å². The Labute approximate surface area is 160 Å². The fraction of sp³-hybridized carbons (Fsp3) is 0.364. The Kier molecular flexibility index (Phi) is 4.94. The van der Waals surface area contributed by atoms with Crippen LogP contribution in [0.2, 0.25) is 0 Å². The van der Waals surface area contributed by atoms with E-state index in [-0.39, 0.29) is 0 Å². The zero-order valence-electron chi connectivity index (χ0n) is 16.2. The van der Waals surface area contributed by atoms with Gasteiger partial charge in [-0.15, -0.1) is 0 Å². The standard InChI is InChI=1S/C22H26N4O/c1-15-6-4-9-21(16(15)2)27-22-12-17(10-11-23-22)13-24-19-7-5-8-20-18(19)14-25-26(20)3/h4,6,9-12,14,19,24H,5,7-8,13H2,1-3H3. The monoisotopic (exact) mass is 362 g/mol. The van der Waals surface area contributed by atoms with E-state index in [1.165, 1.54) is 28.8 Å². The van der Waals surface area contributed by atoms with Crippen molar-refractivity contribution in [2.45, 2.75) is 45.7 Å². The molecule has 0 spiro atoms. The van der Waals surface area contributed by atoms with Crippen molar-refractivity contribution in [3.63, 3.8) is 0 Å². The summed E-state index contributed by atoms with van der Waals surface area (Å²) in [4.78, 5) is 4.38. The summed E-state index contributed by atoms with van der Waals surface area (Å²) in [5.74, 6) is 1.49. The minimum atomic E-state index is 0.360. The van der Waals surface area contributed by atoms with Gasteiger partial charge in [-0.1, -0.05) is 12.1 Å². The molecule has 2 aromatic heterocycles. The van der Waals surface area contributed by atoms with E-state index in [2.05, 4.69) is 35.3 Å². The summed E-state index contributed by atoms with van der Waals surface area (Å²) in [6, 6.07) is 10.5. The molecule has 0 fully saturated rings. The summed E-state index contributed by atoms with van der Waals surface area (Å²) in [7, 11) is 2.03. The maximum Gasteiger partial charge on any atom is 0.219 e. The maximum absolute atomic E-state index is 6.03. The molecule has 5 nitrogen and oxygen atoms in total. The van der Waals surface area contributed by atoms with Crippen LogP contribution in [0.15, 0.2) is 42.7 Å². The van der Waals surface area contributed by atoms with E-state index >= 15 is 0 Å². The van der Waals surface area contributed by atoms with Gasteiger partial charge in [0.15, 0.2) is 0 Å². The fourth-order valence-corrected chi connectivity index (χ4v) is 3.72. The van der Waals surface area contributed by atoms with E-state index in [1.807, 2.05) is 48.4 Å². The lowest BCUT2D eigenvalue weighted by atomic mass is 9.93. The average molecular weight is 362 g/mol. The van der Waals surface area contributed by atoms with Gasteiger partial charge in [0, 0.05) is 43.2 Å². The lowest BCUT2D eigenvalue weighted by Gasteiger charge is -2.24. The number of fused-ring (bicyclic) bond motifs is 1. The first-order valence-corrected chi connectivity index (χ1v) is 9.55. The van der Waals surface area contributed by atoms with Gasteiger partial charge in [-0.25, -0.2) is 4.98 Å². The van der Waals surface area contributed by atoms with Crippen LogP contribution in [-0.4, -0.2) is 14.8 Å². The Morgan fingerprint density at radius 2 is 2.15 bits per heavy atom. The van der Waals surface area contributed by atoms with Gasteiger partial charge in [0.25, 0.3) is 0 Å². The molecule has 4 rings (SSSR count). The highest BCUT2D eigenvalue weighted by Crippen LogP contribution is 2.30. The molecule has 0 saturated carbocycles. The number of rotatable bonds is 5. The number of hydrogen-bond acceptors (Lipinski definition) is 4. The summed E-state index contributed by atoms with van der Waals surface area (Å²) >= 11 is 0. The van der Waals surface area contributed by atoms with Crippen LogP contribution in [-0.2, 0) is 20.0 Å².